The highest BCUT2D eigenvalue weighted by atomic mass is 32.2. The number of rotatable bonds is 10. The van der Waals surface area contributed by atoms with Crippen molar-refractivity contribution >= 4 is 17.7 Å². The molecule has 1 heterocycles. The first-order chi connectivity index (χ1) is 14.6. The quantitative estimate of drug-likeness (QED) is 0.494. The average molecular weight is 426 g/mol. The summed E-state index contributed by atoms with van der Waals surface area (Å²) < 4.78 is 7.28. The molecule has 0 saturated heterocycles. The lowest BCUT2D eigenvalue weighted by Gasteiger charge is -2.21. The van der Waals surface area contributed by atoms with Gasteiger partial charge in [0.2, 0.25) is 11.1 Å². The molecule has 158 valence electrons. The second-order valence-corrected chi connectivity index (χ2v) is 8.17. The Labute approximate surface area is 181 Å². The van der Waals surface area contributed by atoms with Gasteiger partial charge in [-0.15, -0.1) is 5.10 Å². The summed E-state index contributed by atoms with van der Waals surface area (Å²) >= 11 is 1.30. The molecule has 0 radical (unpaired) electrons. The molecule has 1 amide bonds. The van der Waals surface area contributed by atoms with Gasteiger partial charge in [-0.1, -0.05) is 68.1 Å². The summed E-state index contributed by atoms with van der Waals surface area (Å²) in [6, 6.07) is 17.6. The largest absolute Gasteiger partial charge is 0.492 e. The van der Waals surface area contributed by atoms with E-state index in [9.17, 15) is 4.79 Å². The molecule has 0 aliphatic heterocycles. The highest BCUT2D eigenvalue weighted by Gasteiger charge is 2.18. The molecular weight excluding hydrogens is 398 g/mol. The average Bonchev–Trinajstić information content (AvgIpc) is 3.21. The van der Waals surface area contributed by atoms with Crippen LogP contribution in [0.2, 0.25) is 0 Å². The predicted octanol–water partition coefficient (Wildman–Crippen LogP) is 4.06. The standard InChI is InChI=1S/C22H27N5O2S/c1-4-29-20-13-9-8-12-19(20)27-22(24-25-26-27)30-15-21(28)23-18(14-16(2)3)17-10-6-5-7-11-17/h5-13,16,18H,4,14-15H2,1-3H3,(H,23,28). The van der Waals surface area contributed by atoms with E-state index in [0.717, 1.165) is 17.7 Å². The number of thioether (sulfide) groups is 1. The third-order valence-electron chi connectivity index (χ3n) is 4.41. The minimum absolute atomic E-state index is 0.0195. The molecule has 0 bridgehead atoms. The van der Waals surface area contributed by atoms with Crippen molar-refractivity contribution in [3.05, 3.63) is 60.2 Å². The second-order valence-electron chi connectivity index (χ2n) is 7.22. The van der Waals surface area contributed by atoms with E-state index in [-0.39, 0.29) is 17.7 Å². The number of nitrogens with zero attached hydrogens (tertiary/aromatic N) is 4. The Balaban J connectivity index is 1.68. The summed E-state index contributed by atoms with van der Waals surface area (Å²) in [5, 5.41) is 15.6. The maximum Gasteiger partial charge on any atom is 0.230 e. The lowest BCUT2D eigenvalue weighted by atomic mass is 9.97. The number of tetrazole rings is 1. The van der Waals surface area contributed by atoms with E-state index in [1.54, 1.807) is 4.68 Å². The molecule has 1 unspecified atom stereocenters. The van der Waals surface area contributed by atoms with Gasteiger partial charge in [0.15, 0.2) is 0 Å². The molecular formula is C22H27N5O2S. The molecule has 0 spiro atoms. The van der Waals surface area contributed by atoms with Crippen LogP contribution in [0.5, 0.6) is 5.75 Å². The Morgan fingerprint density at radius 3 is 2.60 bits per heavy atom. The Morgan fingerprint density at radius 2 is 1.87 bits per heavy atom. The van der Waals surface area contributed by atoms with Gasteiger partial charge in [0.25, 0.3) is 0 Å². The molecule has 2 aromatic carbocycles. The van der Waals surface area contributed by atoms with Crippen LogP contribution >= 0.6 is 11.8 Å². The van der Waals surface area contributed by atoms with Crippen LogP contribution in [0.3, 0.4) is 0 Å². The monoisotopic (exact) mass is 425 g/mol. The van der Waals surface area contributed by atoms with Gasteiger partial charge in [0.1, 0.15) is 11.4 Å². The van der Waals surface area contributed by atoms with Gasteiger partial charge in [-0.3, -0.25) is 4.79 Å². The lowest BCUT2D eigenvalue weighted by Crippen LogP contribution is -2.31. The molecule has 30 heavy (non-hydrogen) atoms. The zero-order chi connectivity index (χ0) is 21.3. The van der Waals surface area contributed by atoms with Crippen LogP contribution in [0.1, 0.15) is 38.8 Å². The summed E-state index contributed by atoms with van der Waals surface area (Å²) in [5.74, 6) is 1.32. The minimum atomic E-state index is -0.0536. The first-order valence-electron chi connectivity index (χ1n) is 10.1. The van der Waals surface area contributed by atoms with Gasteiger partial charge >= 0.3 is 0 Å². The number of carbonyl (C=O) groups excluding carboxylic acids is 1. The van der Waals surface area contributed by atoms with Gasteiger partial charge < -0.3 is 10.1 Å². The number of nitrogens with one attached hydrogen (secondary N) is 1. The minimum Gasteiger partial charge on any atom is -0.492 e. The van der Waals surface area contributed by atoms with Crippen molar-refractivity contribution in [1.82, 2.24) is 25.5 Å². The fourth-order valence-electron chi connectivity index (χ4n) is 3.13. The number of benzene rings is 2. The van der Waals surface area contributed by atoms with Gasteiger partial charge in [-0.05, 0) is 47.4 Å². The summed E-state index contributed by atoms with van der Waals surface area (Å²) in [6.45, 7) is 6.78. The molecule has 0 fully saturated rings. The maximum atomic E-state index is 12.7. The van der Waals surface area contributed by atoms with E-state index in [0.29, 0.717) is 23.4 Å². The van der Waals surface area contributed by atoms with Gasteiger partial charge in [-0.25, -0.2) is 0 Å². The van der Waals surface area contributed by atoms with E-state index in [1.807, 2.05) is 61.5 Å². The number of para-hydroxylation sites is 2. The first kappa shape index (κ1) is 21.8. The molecule has 1 atom stereocenters. The summed E-state index contributed by atoms with van der Waals surface area (Å²) in [5.41, 5.74) is 1.86. The van der Waals surface area contributed by atoms with Crippen LogP contribution in [0, 0.1) is 5.92 Å². The van der Waals surface area contributed by atoms with Crippen molar-refractivity contribution in [2.45, 2.75) is 38.4 Å². The molecule has 8 heteroatoms. The Kier molecular flexibility index (Phi) is 7.84. The van der Waals surface area contributed by atoms with E-state index in [4.69, 9.17) is 4.74 Å². The van der Waals surface area contributed by atoms with Crippen molar-refractivity contribution in [1.29, 1.82) is 0 Å². The second kappa shape index (κ2) is 10.8. The third-order valence-corrected chi connectivity index (χ3v) is 5.33. The Hall–Kier alpha value is -2.87. The zero-order valence-corrected chi connectivity index (χ0v) is 18.3. The van der Waals surface area contributed by atoms with Crippen LogP contribution < -0.4 is 10.1 Å². The smallest absolute Gasteiger partial charge is 0.230 e. The van der Waals surface area contributed by atoms with Gasteiger partial charge in [0, 0.05) is 0 Å². The van der Waals surface area contributed by atoms with E-state index < -0.39 is 0 Å². The zero-order valence-electron chi connectivity index (χ0n) is 17.5. The molecule has 3 rings (SSSR count). The van der Waals surface area contributed by atoms with Crippen LogP contribution in [-0.4, -0.2) is 38.5 Å². The van der Waals surface area contributed by atoms with Crippen LogP contribution in [0.15, 0.2) is 59.8 Å². The lowest BCUT2D eigenvalue weighted by molar-refractivity contribution is -0.119. The topological polar surface area (TPSA) is 81.9 Å². The van der Waals surface area contributed by atoms with E-state index in [1.165, 1.54) is 11.8 Å². The summed E-state index contributed by atoms with van der Waals surface area (Å²) in [7, 11) is 0. The fraction of sp³-hybridized carbons (Fsp3) is 0.364. The number of hydrogen-bond donors (Lipinski definition) is 1. The maximum absolute atomic E-state index is 12.7. The number of hydrogen-bond acceptors (Lipinski definition) is 6. The molecule has 0 aliphatic carbocycles. The van der Waals surface area contributed by atoms with Crippen molar-refractivity contribution in [3.63, 3.8) is 0 Å². The van der Waals surface area contributed by atoms with Crippen LogP contribution in [-0.2, 0) is 4.79 Å². The van der Waals surface area contributed by atoms with Crippen molar-refractivity contribution < 1.29 is 9.53 Å². The summed E-state index contributed by atoms with van der Waals surface area (Å²) in [6.07, 6.45) is 0.875. The van der Waals surface area contributed by atoms with Crippen molar-refractivity contribution in [2.24, 2.45) is 5.92 Å². The Bertz CT molecular complexity index is 945. The molecule has 0 aliphatic rings. The van der Waals surface area contributed by atoms with E-state index in [2.05, 4.69) is 34.7 Å². The van der Waals surface area contributed by atoms with Crippen LogP contribution in [0.25, 0.3) is 5.69 Å². The number of amides is 1. The van der Waals surface area contributed by atoms with Gasteiger partial charge in [0.05, 0.1) is 18.4 Å². The highest BCUT2D eigenvalue weighted by molar-refractivity contribution is 7.99. The SMILES string of the molecule is CCOc1ccccc1-n1nnnc1SCC(=O)NC(CC(C)C)c1ccccc1. The fourth-order valence-corrected chi connectivity index (χ4v) is 3.83. The third kappa shape index (κ3) is 5.82. The molecule has 7 nitrogen and oxygen atoms in total. The highest BCUT2D eigenvalue weighted by Crippen LogP contribution is 2.26. The van der Waals surface area contributed by atoms with E-state index >= 15 is 0 Å². The summed E-state index contributed by atoms with van der Waals surface area (Å²) in [4.78, 5) is 12.7. The normalized spacial score (nSPS) is 12.0. The molecule has 0 saturated carbocycles. The predicted molar refractivity (Wildman–Crippen MR) is 118 cm³/mol. The van der Waals surface area contributed by atoms with Crippen molar-refractivity contribution in [3.8, 4) is 11.4 Å². The Morgan fingerprint density at radius 1 is 1.13 bits per heavy atom. The molecule has 1 aromatic heterocycles. The molecule has 1 N–H and O–H groups in total. The number of aromatic nitrogens is 4. The first-order valence-corrected chi connectivity index (χ1v) is 11.0. The van der Waals surface area contributed by atoms with Crippen molar-refractivity contribution in [2.75, 3.05) is 12.4 Å². The van der Waals surface area contributed by atoms with Crippen LogP contribution in [0.4, 0.5) is 0 Å². The molecule has 3 aromatic rings. The number of carbonyl (C=O) groups is 1. The number of ether oxygens (including phenoxy) is 1. The van der Waals surface area contributed by atoms with Gasteiger partial charge in [-0.2, -0.15) is 4.68 Å².